The van der Waals surface area contributed by atoms with E-state index in [0.717, 1.165) is 0 Å². The first-order valence-electron chi connectivity index (χ1n) is 13.6. The van der Waals surface area contributed by atoms with E-state index in [1.165, 1.54) is 4.90 Å². The Morgan fingerprint density at radius 1 is 1.09 bits per heavy atom. The molecule has 0 heterocycles. The Morgan fingerprint density at radius 3 is 2.18 bits per heavy atom. The number of hydrogen-bond donors (Lipinski definition) is 7. The third kappa shape index (κ3) is 5.86. The third-order valence-corrected chi connectivity index (χ3v) is 8.23. The number of nitrogens with two attached hydrogens (primary N) is 1. The van der Waals surface area contributed by atoms with Crippen molar-refractivity contribution < 1.29 is 39.6 Å². The number of rotatable bonds is 6. The van der Waals surface area contributed by atoms with Gasteiger partial charge in [0.25, 0.3) is 5.91 Å². The van der Waals surface area contributed by atoms with Gasteiger partial charge < -0.3 is 41.7 Å². The summed E-state index contributed by atoms with van der Waals surface area (Å²) in [6, 6.07) is 0.409. The molecule has 3 aliphatic rings. The van der Waals surface area contributed by atoms with Crippen LogP contribution in [0.3, 0.4) is 0 Å². The maximum Gasteiger partial charge on any atom is 0.255 e. The summed E-state index contributed by atoms with van der Waals surface area (Å²) in [4.78, 5) is 55.3. The number of phenols is 1. The average Bonchev–Trinajstić information content (AvgIpc) is 2.85. The Morgan fingerprint density at radius 2 is 1.68 bits per heavy atom. The summed E-state index contributed by atoms with van der Waals surface area (Å²) in [5, 5.41) is 51.3. The molecule has 44 heavy (non-hydrogen) atoms. The number of carbonyl (C=O) groups is 4. The van der Waals surface area contributed by atoms with E-state index in [-0.39, 0.29) is 66.6 Å². The number of amides is 2. The number of ketones is 2. The van der Waals surface area contributed by atoms with Crippen molar-refractivity contribution in [2.75, 3.05) is 45.0 Å². The molecule has 0 aliphatic heterocycles. The number of halogens is 2. The molecule has 1 saturated carbocycles. The van der Waals surface area contributed by atoms with Gasteiger partial charge in [0.1, 0.15) is 22.8 Å². The number of aliphatic hydroxyl groups is 3. The normalized spacial score (nSPS) is 24.5. The molecule has 1 aromatic rings. The molecule has 13 nitrogen and oxygen atoms in total. The van der Waals surface area contributed by atoms with Crippen LogP contribution < -0.4 is 21.3 Å². The predicted molar refractivity (Wildman–Crippen MR) is 169 cm³/mol. The quantitative estimate of drug-likeness (QED) is 0.171. The highest BCUT2D eigenvalue weighted by Crippen LogP contribution is 2.54. The van der Waals surface area contributed by atoms with Crippen LogP contribution in [-0.2, 0) is 25.6 Å². The van der Waals surface area contributed by atoms with Gasteiger partial charge in [-0.1, -0.05) is 0 Å². The first-order valence-corrected chi connectivity index (χ1v) is 13.6. The van der Waals surface area contributed by atoms with E-state index in [1.807, 2.05) is 20.8 Å². The van der Waals surface area contributed by atoms with Crippen molar-refractivity contribution in [1.82, 2.24) is 10.2 Å². The van der Waals surface area contributed by atoms with E-state index >= 15 is 0 Å². The lowest BCUT2D eigenvalue weighted by Crippen LogP contribution is -2.65. The van der Waals surface area contributed by atoms with Gasteiger partial charge in [0.2, 0.25) is 11.7 Å². The number of fused-ring (bicyclic) bond motifs is 3. The number of carbonyl (C=O) groups excluding carboxylic acids is 4. The Bertz CT molecular complexity index is 1470. The second-order valence-corrected chi connectivity index (χ2v) is 12.7. The number of nitrogens with zero attached hydrogens (tertiary/aromatic N) is 2. The molecule has 0 aromatic heterocycles. The highest BCUT2D eigenvalue weighted by atomic mass is 35.5. The number of benzene rings is 1. The Labute approximate surface area is 268 Å². The number of likely N-dealkylation sites (N-methyl/N-ethyl adjacent to an activating group) is 1. The Hall–Kier alpha value is -3.36. The molecule has 1 fully saturated rings. The minimum atomic E-state index is -2.73. The van der Waals surface area contributed by atoms with Gasteiger partial charge in [-0.2, -0.15) is 0 Å². The van der Waals surface area contributed by atoms with Gasteiger partial charge in [-0.15, -0.1) is 24.8 Å². The zero-order valence-corrected chi connectivity index (χ0v) is 27.3. The van der Waals surface area contributed by atoms with Gasteiger partial charge in [0.05, 0.1) is 23.8 Å². The first kappa shape index (κ1) is 36.8. The van der Waals surface area contributed by atoms with E-state index in [4.69, 9.17) is 5.73 Å². The fourth-order valence-electron chi connectivity index (χ4n) is 6.33. The second-order valence-electron chi connectivity index (χ2n) is 12.7. The van der Waals surface area contributed by atoms with E-state index < -0.39 is 69.7 Å². The Kier molecular flexibility index (Phi) is 10.5. The number of phenolic OH excluding ortho intramolecular Hbond substituents is 1. The number of aliphatic hydroxyl groups excluding tert-OH is 2. The highest BCUT2D eigenvalue weighted by molar-refractivity contribution is 6.24. The van der Waals surface area contributed by atoms with Crippen molar-refractivity contribution >= 4 is 65.3 Å². The maximum atomic E-state index is 14.0. The van der Waals surface area contributed by atoms with Crippen LogP contribution in [0.5, 0.6) is 5.75 Å². The summed E-state index contributed by atoms with van der Waals surface area (Å²) >= 11 is 0. The first-order chi connectivity index (χ1) is 19.3. The summed E-state index contributed by atoms with van der Waals surface area (Å²) in [6.07, 6.45) is 0.117. The van der Waals surface area contributed by atoms with E-state index in [2.05, 4.69) is 10.6 Å². The molecular weight excluding hydrogens is 617 g/mol. The summed E-state index contributed by atoms with van der Waals surface area (Å²) < 4.78 is 0. The van der Waals surface area contributed by atoms with Crippen LogP contribution in [-0.4, -0.2) is 101 Å². The van der Waals surface area contributed by atoms with Crippen LogP contribution in [0.4, 0.5) is 11.4 Å². The lowest BCUT2D eigenvalue weighted by atomic mass is 9.57. The fourth-order valence-corrected chi connectivity index (χ4v) is 6.33. The van der Waals surface area contributed by atoms with E-state index in [0.29, 0.717) is 11.3 Å². The SMILES string of the molecule is CN(C)c1cc(NC(=O)CNC(C)(C)C)c(O)c2c1C[C@H]1C[C@@H]3[C@H](N(C)C)C(=O)C(C(N)=O)=C(O)[C@@]3(O)C(=O)C1=C2O.Cl.Cl. The number of nitrogens with one attached hydrogen (secondary N) is 2. The molecule has 1 aromatic carbocycles. The number of hydrogen-bond acceptors (Lipinski definition) is 11. The molecule has 0 bridgehead atoms. The maximum absolute atomic E-state index is 14.0. The van der Waals surface area contributed by atoms with Crippen LogP contribution in [0, 0.1) is 11.8 Å². The summed E-state index contributed by atoms with van der Waals surface area (Å²) in [6.45, 7) is 5.62. The molecule has 0 unspecified atom stereocenters. The summed E-state index contributed by atoms with van der Waals surface area (Å²) in [5.41, 5.74) is 2.11. The minimum absolute atomic E-state index is 0. The van der Waals surface area contributed by atoms with Gasteiger partial charge in [-0.05, 0) is 65.3 Å². The van der Waals surface area contributed by atoms with E-state index in [9.17, 15) is 39.6 Å². The van der Waals surface area contributed by atoms with Gasteiger partial charge in [0.15, 0.2) is 11.4 Å². The summed E-state index contributed by atoms with van der Waals surface area (Å²) in [5.74, 6) is -7.79. The number of anilines is 2. The van der Waals surface area contributed by atoms with Crippen LogP contribution in [0.15, 0.2) is 23.0 Å². The predicted octanol–water partition coefficient (Wildman–Crippen LogP) is 1.20. The fraction of sp³-hybridized carbons (Fsp3) is 0.517. The third-order valence-electron chi connectivity index (χ3n) is 8.23. The van der Waals surface area contributed by atoms with Crippen LogP contribution >= 0.6 is 24.8 Å². The lowest BCUT2D eigenvalue weighted by Gasteiger charge is -2.50. The minimum Gasteiger partial charge on any atom is -0.508 e. The molecular formula is C29H41Cl2N5O8. The monoisotopic (exact) mass is 657 g/mol. The van der Waals surface area contributed by atoms with Gasteiger partial charge in [-0.3, -0.25) is 24.1 Å². The van der Waals surface area contributed by atoms with Crippen molar-refractivity contribution in [3.63, 3.8) is 0 Å². The van der Waals surface area contributed by atoms with Crippen molar-refractivity contribution in [3.05, 3.63) is 34.1 Å². The highest BCUT2D eigenvalue weighted by Gasteiger charge is 2.64. The standard InChI is InChI=1S/C29H39N5O8.2ClH/c1-28(2,3)31-11-17(35)32-15-10-16(33(4)5)13-8-12-9-14-21(34(6)7)24(38)20(27(30)41)26(40)29(14,42)25(39)18(12)23(37)19(13)22(15)36;;/h10,12,14,21,31,36-37,40,42H,8-9,11H2,1-7H3,(H2,30,41)(H,32,35);2*1H/t12-,14+,21-,29-;;/m0../s1. The zero-order chi connectivity index (χ0) is 31.6. The molecule has 4 atom stereocenters. The molecule has 15 heteroatoms. The zero-order valence-electron chi connectivity index (χ0n) is 25.6. The van der Waals surface area contributed by atoms with Gasteiger partial charge in [0, 0.05) is 36.8 Å². The summed E-state index contributed by atoms with van der Waals surface area (Å²) in [7, 11) is 6.58. The molecule has 8 N–H and O–H groups in total. The average molecular weight is 659 g/mol. The van der Waals surface area contributed by atoms with Crippen molar-refractivity contribution in [2.24, 2.45) is 17.6 Å². The van der Waals surface area contributed by atoms with Gasteiger partial charge in [-0.25, -0.2) is 0 Å². The molecule has 244 valence electrons. The van der Waals surface area contributed by atoms with Gasteiger partial charge >= 0.3 is 0 Å². The lowest BCUT2D eigenvalue weighted by molar-refractivity contribution is -0.153. The largest absolute Gasteiger partial charge is 0.508 e. The molecule has 3 aliphatic carbocycles. The molecule has 0 spiro atoms. The van der Waals surface area contributed by atoms with Crippen LogP contribution in [0.25, 0.3) is 5.76 Å². The van der Waals surface area contributed by atoms with Crippen LogP contribution in [0.2, 0.25) is 0 Å². The number of aromatic hydroxyl groups is 1. The van der Waals surface area contributed by atoms with Crippen molar-refractivity contribution in [1.29, 1.82) is 0 Å². The van der Waals surface area contributed by atoms with Crippen molar-refractivity contribution in [3.8, 4) is 5.75 Å². The smallest absolute Gasteiger partial charge is 0.255 e. The Balaban J connectivity index is 0.00000337. The topological polar surface area (TPSA) is 206 Å². The molecule has 2 amide bonds. The second kappa shape index (κ2) is 12.6. The number of Topliss-reactive ketones (excluding diaryl/α,β-unsaturated/α-hetero) is 2. The molecule has 0 saturated heterocycles. The van der Waals surface area contributed by atoms with E-state index in [1.54, 1.807) is 39.2 Å². The molecule has 0 radical (unpaired) electrons. The molecule has 4 rings (SSSR count). The van der Waals surface area contributed by atoms with Crippen LogP contribution in [0.1, 0.15) is 38.3 Å². The number of primary amides is 1. The van der Waals surface area contributed by atoms with Crippen molar-refractivity contribution in [2.45, 2.75) is 50.8 Å².